The summed E-state index contributed by atoms with van der Waals surface area (Å²) >= 11 is 1.30. The van der Waals surface area contributed by atoms with Crippen molar-refractivity contribution in [3.05, 3.63) is 40.4 Å². The van der Waals surface area contributed by atoms with Crippen molar-refractivity contribution in [2.75, 3.05) is 25.5 Å². The number of nitrogens with one attached hydrogen (secondary N) is 1. The maximum Gasteiger partial charge on any atom is 0.284 e. The van der Waals surface area contributed by atoms with Crippen LogP contribution in [0.4, 0.5) is 5.13 Å². The summed E-state index contributed by atoms with van der Waals surface area (Å²) in [7, 11) is 1.78. The Labute approximate surface area is 121 Å². The fourth-order valence-electron chi connectivity index (χ4n) is 2.42. The molecule has 0 radical (unpaired) electrons. The first kappa shape index (κ1) is 13.1. The fraction of sp³-hybridized carbons (Fsp3) is 0.357. The molecule has 0 atom stereocenters. The summed E-state index contributed by atoms with van der Waals surface area (Å²) in [4.78, 5) is 14.3. The van der Waals surface area contributed by atoms with Crippen LogP contribution in [0.3, 0.4) is 0 Å². The summed E-state index contributed by atoms with van der Waals surface area (Å²) in [5.74, 6) is -0.0168. The van der Waals surface area contributed by atoms with Crippen molar-refractivity contribution in [2.45, 2.75) is 12.8 Å². The highest BCUT2D eigenvalue weighted by Crippen LogP contribution is 2.20. The lowest BCUT2D eigenvalue weighted by atomic mass is 10.0. The van der Waals surface area contributed by atoms with Crippen molar-refractivity contribution >= 4 is 22.4 Å². The van der Waals surface area contributed by atoms with Crippen molar-refractivity contribution in [3.8, 4) is 0 Å². The second-order valence-corrected chi connectivity index (χ2v) is 5.70. The van der Waals surface area contributed by atoms with Crippen LogP contribution in [-0.2, 0) is 12.8 Å². The summed E-state index contributed by atoms with van der Waals surface area (Å²) in [5, 5.41) is 11.9. The Morgan fingerprint density at radius 2 is 1.85 bits per heavy atom. The van der Waals surface area contributed by atoms with Crippen LogP contribution in [0.15, 0.2) is 24.3 Å². The predicted octanol–water partition coefficient (Wildman–Crippen LogP) is 1.82. The van der Waals surface area contributed by atoms with Crippen LogP contribution in [0.25, 0.3) is 0 Å². The Morgan fingerprint density at radius 3 is 2.40 bits per heavy atom. The van der Waals surface area contributed by atoms with E-state index < -0.39 is 0 Å². The van der Waals surface area contributed by atoms with Gasteiger partial charge in [0.2, 0.25) is 10.1 Å². The van der Waals surface area contributed by atoms with Gasteiger partial charge in [0.1, 0.15) is 0 Å². The van der Waals surface area contributed by atoms with Gasteiger partial charge >= 0.3 is 0 Å². The van der Waals surface area contributed by atoms with Crippen molar-refractivity contribution < 1.29 is 4.79 Å². The van der Waals surface area contributed by atoms with Gasteiger partial charge in [0.05, 0.1) is 0 Å². The van der Waals surface area contributed by atoms with E-state index in [1.54, 1.807) is 7.05 Å². The van der Waals surface area contributed by atoms with Gasteiger partial charge in [0.15, 0.2) is 0 Å². The van der Waals surface area contributed by atoms with Gasteiger partial charge in [0, 0.05) is 20.1 Å². The Balaban J connectivity index is 1.74. The summed E-state index contributed by atoms with van der Waals surface area (Å²) < 4.78 is 0. The van der Waals surface area contributed by atoms with E-state index in [1.165, 1.54) is 22.5 Å². The normalized spacial score (nSPS) is 14.6. The van der Waals surface area contributed by atoms with Gasteiger partial charge in [-0.2, -0.15) is 0 Å². The topological polar surface area (TPSA) is 58.1 Å². The van der Waals surface area contributed by atoms with E-state index in [4.69, 9.17) is 0 Å². The van der Waals surface area contributed by atoms with Gasteiger partial charge < -0.3 is 10.2 Å². The molecule has 0 unspecified atom stereocenters. The largest absolute Gasteiger partial charge is 0.363 e. The van der Waals surface area contributed by atoms with Crippen LogP contribution in [0.1, 0.15) is 20.9 Å². The maximum absolute atomic E-state index is 12.4. The second kappa shape index (κ2) is 5.58. The van der Waals surface area contributed by atoms with Crippen LogP contribution in [0.5, 0.6) is 0 Å². The standard InChI is InChI=1S/C14H16N4OS/c1-15-14-17-16-12(20-14)13(19)18-8-6-10-4-2-3-5-11(10)7-9-18/h2-5H,6-9H2,1H3,(H,15,17). The molecule has 20 heavy (non-hydrogen) atoms. The molecule has 0 bridgehead atoms. The molecule has 2 aromatic rings. The molecule has 6 heteroatoms. The van der Waals surface area contributed by atoms with Crippen LogP contribution in [0.2, 0.25) is 0 Å². The van der Waals surface area contributed by atoms with E-state index >= 15 is 0 Å². The maximum atomic E-state index is 12.4. The van der Waals surface area contributed by atoms with E-state index in [9.17, 15) is 4.79 Å². The highest BCUT2D eigenvalue weighted by molar-refractivity contribution is 7.17. The molecule has 5 nitrogen and oxygen atoms in total. The van der Waals surface area contributed by atoms with Crippen LogP contribution in [0, 0.1) is 0 Å². The van der Waals surface area contributed by atoms with Gasteiger partial charge in [-0.05, 0) is 24.0 Å². The number of carbonyl (C=O) groups excluding carboxylic acids is 1. The average Bonchev–Trinajstić information content (AvgIpc) is 2.86. The number of hydrogen-bond acceptors (Lipinski definition) is 5. The van der Waals surface area contributed by atoms with E-state index in [-0.39, 0.29) is 5.91 Å². The van der Waals surface area contributed by atoms with Crippen molar-refractivity contribution in [2.24, 2.45) is 0 Å². The number of aromatic nitrogens is 2. The number of amides is 1. The fourth-order valence-corrected chi connectivity index (χ4v) is 3.08. The van der Waals surface area contributed by atoms with Crippen LogP contribution in [-0.4, -0.2) is 41.1 Å². The monoisotopic (exact) mass is 288 g/mol. The lowest BCUT2D eigenvalue weighted by molar-refractivity contribution is 0.0762. The van der Waals surface area contributed by atoms with E-state index in [0.29, 0.717) is 10.1 Å². The number of rotatable bonds is 2. The third-order valence-corrected chi connectivity index (χ3v) is 4.46. The van der Waals surface area contributed by atoms with Crippen LogP contribution >= 0.6 is 11.3 Å². The lowest BCUT2D eigenvalue weighted by Crippen LogP contribution is -2.33. The number of carbonyl (C=O) groups is 1. The third-order valence-electron chi connectivity index (χ3n) is 3.53. The van der Waals surface area contributed by atoms with Crippen molar-refractivity contribution in [3.63, 3.8) is 0 Å². The van der Waals surface area contributed by atoms with Gasteiger partial charge in [-0.25, -0.2) is 0 Å². The Bertz CT molecular complexity index is 598. The average molecular weight is 288 g/mol. The minimum atomic E-state index is -0.0168. The molecule has 3 rings (SSSR count). The number of fused-ring (bicyclic) bond motifs is 1. The first-order chi connectivity index (χ1) is 9.78. The zero-order valence-electron chi connectivity index (χ0n) is 11.3. The molecule has 0 saturated carbocycles. The van der Waals surface area contributed by atoms with E-state index in [0.717, 1.165) is 25.9 Å². The summed E-state index contributed by atoms with van der Waals surface area (Å²) in [5.41, 5.74) is 2.69. The molecular weight excluding hydrogens is 272 g/mol. The van der Waals surface area contributed by atoms with Gasteiger partial charge in [0.25, 0.3) is 5.91 Å². The zero-order valence-corrected chi connectivity index (χ0v) is 12.1. The van der Waals surface area contributed by atoms with Crippen LogP contribution < -0.4 is 5.32 Å². The van der Waals surface area contributed by atoms with Gasteiger partial charge in [-0.15, -0.1) is 10.2 Å². The number of hydrogen-bond donors (Lipinski definition) is 1. The summed E-state index contributed by atoms with van der Waals surface area (Å²) in [6.07, 6.45) is 1.80. The minimum Gasteiger partial charge on any atom is -0.363 e. The molecule has 1 N–H and O–H groups in total. The van der Waals surface area contributed by atoms with Crippen molar-refractivity contribution in [1.82, 2.24) is 15.1 Å². The number of benzene rings is 1. The quantitative estimate of drug-likeness (QED) is 0.916. The molecule has 1 amide bonds. The zero-order chi connectivity index (χ0) is 13.9. The predicted molar refractivity (Wildman–Crippen MR) is 79.2 cm³/mol. The second-order valence-electron chi connectivity index (χ2n) is 4.72. The molecular formula is C14H16N4OS. The summed E-state index contributed by atoms with van der Waals surface area (Å²) in [6.45, 7) is 1.48. The highest BCUT2D eigenvalue weighted by Gasteiger charge is 2.22. The SMILES string of the molecule is CNc1nnc(C(=O)N2CCc3ccccc3CC2)s1. The molecule has 0 saturated heterocycles. The molecule has 0 aliphatic carbocycles. The molecule has 0 fully saturated rings. The molecule has 2 heterocycles. The smallest absolute Gasteiger partial charge is 0.284 e. The molecule has 0 spiro atoms. The van der Waals surface area contributed by atoms with E-state index in [2.05, 4.69) is 39.8 Å². The minimum absolute atomic E-state index is 0.0168. The number of nitrogens with zero attached hydrogens (tertiary/aromatic N) is 3. The molecule has 1 aromatic carbocycles. The lowest BCUT2D eigenvalue weighted by Gasteiger charge is -2.18. The molecule has 1 aliphatic rings. The molecule has 104 valence electrons. The Morgan fingerprint density at radius 1 is 1.20 bits per heavy atom. The van der Waals surface area contributed by atoms with Gasteiger partial charge in [-0.3, -0.25) is 4.79 Å². The van der Waals surface area contributed by atoms with Gasteiger partial charge in [-0.1, -0.05) is 35.6 Å². The van der Waals surface area contributed by atoms with E-state index in [1.807, 2.05) is 4.90 Å². The third kappa shape index (κ3) is 2.51. The number of anilines is 1. The Kier molecular flexibility index (Phi) is 3.64. The van der Waals surface area contributed by atoms with Crippen molar-refractivity contribution in [1.29, 1.82) is 0 Å². The molecule has 1 aromatic heterocycles. The highest BCUT2D eigenvalue weighted by atomic mass is 32.1. The Hall–Kier alpha value is -1.95. The molecule has 1 aliphatic heterocycles. The summed E-state index contributed by atoms with van der Waals surface area (Å²) in [6, 6.07) is 8.40. The first-order valence-electron chi connectivity index (χ1n) is 6.65. The first-order valence-corrected chi connectivity index (χ1v) is 7.47.